The lowest BCUT2D eigenvalue weighted by Gasteiger charge is -2.33. The van der Waals surface area contributed by atoms with Crippen LogP contribution in [0.25, 0.3) is 0 Å². The molecule has 1 saturated heterocycles. The lowest BCUT2D eigenvalue weighted by Crippen LogP contribution is -2.44. The molecule has 1 unspecified atom stereocenters. The highest BCUT2D eigenvalue weighted by atomic mass is 15.0. The van der Waals surface area contributed by atoms with Gasteiger partial charge < -0.3 is 5.32 Å². The predicted octanol–water partition coefficient (Wildman–Crippen LogP) is 3.49. The Labute approximate surface area is 95.0 Å². The van der Waals surface area contributed by atoms with E-state index in [1.807, 2.05) is 6.92 Å². The van der Waals surface area contributed by atoms with Gasteiger partial charge in [-0.1, -0.05) is 26.2 Å². The van der Waals surface area contributed by atoms with Gasteiger partial charge in [-0.2, -0.15) is 0 Å². The molecule has 0 aromatic rings. The van der Waals surface area contributed by atoms with Crippen LogP contribution in [-0.4, -0.2) is 12.1 Å². The minimum atomic E-state index is 0.412. The van der Waals surface area contributed by atoms with Gasteiger partial charge in [-0.15, -0.1) is 11.8 Å². The third kappa shape index (κ3) is 4.26. The summed E-state index contributed by atoms with van der Waals surface area (Å²) in [5.41, 5.74) is 0.412. The lowest BCUT2D eigenvalue weighted by molar-refractivity contribution is 0.273. The molecule has 1 heterocycles. The third-order valence-electron chi connectivity index (χ3n) is 3.47. The second kappa shape index (κ2) is 6.90. The van der Waals surface area contributed by atoms with E-state index in [2.05, 4.69) is 24.1 Å². The van der Waals surface area contributed by atoms with Gasteiger partial charge in [0.05, 0.1) is 0 Å². The summed E-state index contributed by atoms with van der Waals surface area (Å²) in [6.07, 6.45) is 10.4. The first-order chi connectivity index (χ1) is 7.33. The van der Waals surface area contributed by atoms with Crippen molar-refractivity contribution < 1.29 is 0 Å². The number of hydrogen-bond acceptors (Lipinski definition) is 1. The average molecular weight is 207 g/mol. The maximum Gasteiger partial charge on any atom is 0.0190 e. The van der Waals surface area contributed by atoms with Crippen molar-refractivity contribution in [2.45, 2.75) is 70.8 Å². The molecule has 1 aliphatic heterocycles. The Kier molecular flexibility index (Phi) is 5.79. The molecule has 0 bridgehead atoms. The first-order valence-corrected chi connectivity index (χ1v) is 6.47. The summed E-state index contributed by atoms with van der Waals surface area (Å²) in [6, 6.07) is 0. The van der Waals surface area contributed by atoms with Crippen molar-refractivity contribution in [3.8, 4) is 11.8 Å². The minimum absolute atomic E-state index is 0.412. The Bertz CT molecular complexity index is 213. The highest BCUT2D eigenvalue weighted by molar-refractivity contribution is 4.99. The summed E-state index contributed by atoms with van der Waals surface area (Å²) in [7, 11) is 0. The summed E-state index contributed by atoms with van der Waals surface area (Å²) >= 11 is 0. The van der Waals surface area contributed by atoms with Crippen molar-refractivity contribution in [1.82, 2.24) is 5.32 Å². The van der Waals surface area contributed by atoms with Crippen molar-refractivity contribution in [3.63, 3.8) is 0 Å². The van der Waals surface area contributed by atoms with E-state index < -0.39 is 0 Å². The molecular weight excluding hydrogens is 182 g/mol. The van der Waals surface area contributed by atoms with Crippen molar-refractivity contribution >= 4 is 0 Å². The Hall–Kier alpha value is -0.480. The SMILES string of the molecule is CC#CCCC1(CCC)CCCCCN1. The number of hydrogen-bond donors (Lipinski definition) is 1. The number of rotatable bonds is 4. The Morgan fingerprint density at radius 3 is 2.80 bits per heavy atom. The van der Waals surface area contributed by atoms with Crippen LogP contribution in [-0.2, 0) is 0 Å². The molecule has 1 fully saturated rings. The van der Waals surface area contributed by atoms with E-state index in [0.29, 0.717) is 5.54 Å². The highest BCUT2D eigenvalue weighted by Crippen LogP contribution is 2.28. The molecule has 0 radical (unpaired) electrons. The Morgan fingerprint density at radius 1 is 1.20 bits per heavy atom. The first kappa shape index (κ1) is 12.6. The maximum atomic E-state index is 3.79. The zero-order valence-electron chi connectivity index (χ0n) is 10.4. The summed E-state index contributed by atoms with van der Waals surface area (Å²) in [5.74, 6) is 6.21. The highest BCUT2D eigenvalue weighted by Gasteiger charge is 2.28. The maximum absolute atomic E-state index is 3.79. The normalized spacial score (nSPS) is 26.5. The van der Waals surface area contributed by atoms with Gasteiger partial charge in [0.15, 0.2) is 0 Å². The molecular formula is C14H25N. The van der Waals surface area contributed by atoms with Crippen LogP contribution in [0.3, 0.4) is 0 Å². The molecule has 0 spiro atoms. The van der Waals surface area contributed by atoms with E-state index in [-0.39, 0.29) is 0 Å². The van der Waals surface area contributed by atoms with E-state index in [4.69, 9.17) is 0 Å². The standard InChI is InChI=1S/C14H25N/c1-3-5-7-11-14(10-4-2)12-8-6-9-13-15-14/h15H,4,6-13H2,1-2H3. The van der Waals surface area contributed by atoms with Crippen molar-refractivity contribution in [3.05, 3.63) is 0 Å². The van der Waals surface area contributed by atoms with Gasteiger partial charge in [-0.05, 0) is 39.2 Å². The van der Waals surface area contributed by atoms with Crippen LogP contribution in [0, 0.1) is 11.8 Å². The lowest BCUT2D eigenvalue weighted by atomic mass is 9.84. The van der Waals surface area contributed by atoms with Crippen LogP contribution >= 0.6 is 0 Å². The smallest absolute Gasteiger partial charge is 0.0190 e. The minimum Gasteiger partial charge on any atom is -0.311 e. The molecule has 1 rings (SSSR count). The molecule has 0 aromatic heterocycles. The topological polar surface area (TPSA) is 12.0 Å². The second-order valence-corrected chi connectivity index (χ2v) is 4.69. The van der Waals surface area contributed by atoms with Crippen LogP contribution in [0.1, 0.15) is 65.2 Å². The largest absolute Gasteiger partial charge is 0.311 e. The van der Waals surface area contributed by atoms with Gasteiger partial charge in [0.2, 0.25) is 0 Å². The quantitative estimate of drug-likeness (QED) is 0.696. The summed E-state index contributed by atoms with van der Waals surface area (Å²) in [4.78, 5) is 0. The molecule has 1 aliphatic rings. The number of nitrogens with one attached hydrogen (secondary N) is 1. The molecule has 0 aromatic carbocycles. The van der Waals surface area contributed by atoms with Crippen LogP contribution in [0.5, 0.6) is 0 Å². The average Bonchev–Trinajstić information content (AvgIpc) is 2.45. The van der Waals surface area contributed by atoms with Crippen molar-refractivity contribution in [2.75, 3.05) is 6.54 Å². The summed E-state index contributed by atoms with van der Waals surface area (Å²) in [5, 5.41) is 3.79. The zero-order valence-corrected chi connectivity index (χ0v) is 10.4. The van der Waals surface area contributed by atoms with E-state index >= 15 is 0 Å². The van der Waals surface area contributed by atoms with E-state index in [1.165, 1.54) is 51.5 Å². The summed E-state index contributed by atoms with van der Waals surface area (Å²) in [6.45, 7) is 5.44. The third-order valence-corrected chi connectivity index (χ3v) is 3.47. The van der Waals surface area contributed by atoms with Gasteiger partial charge >= 0.3 is 0 Å². The van der Waals surface area contributed by atoms with E-state index in [0.717, 1.165) is 6.42 Å². The van der Waals surface area contributed by atoms with Crippen LogP contribution in [0.2, 0.25) is 0 Å². The van der Waals surface area contributed by atoms with Gasteiger partial charge in [0, 0.05) is 12.0 Å². The molecule has 15 heavy (non-hydrogen) atoms. The Balaban J connectivity index is 2.52. The molecule has 0 saturated carbocycles. The molecule has 1 atom stereocenters. The Morgan fingerprint density at radius 2 is 2.07 bits per heavy atom. The molecule has 1 nitrogen and oxygen atoms in total. The summed E-state index contributed by atoms with van der Waals surface area (Å²) < 4.78 is 0. The van der Waals surface area contributed by atoms with Gasteiger partial charge in [-0.25, -0.2) is 0 Å². The van der Waals surface area contributed by atoms with E-state index in [9.17, 15) is 0 Å². The molecule has 0 amide bonds. The molecule has 0 aliphatic carbocycles. The molecule has 86 valence electrons. The fraction of sp³-hybridized carbons (Fsp3) is 0.857. The second-order valence-electron chi connectivity index (χ2n) is 4.69. The zero-order chi connectivity index (χ0) is 11.0. The van der Waals surface area contributed by atoms with Gasteiger partial charge in [0.1, 0.15) is 0 Å². The molecule has 1 heteroatoms. The fourth-order valence-electron chi connectivity index (χ4n) is 2.66. The van der Waals surface area contributed by atoms with Crippen molar-refractivity contribution in [2.24, 2.45) is 0 Å². The first-order valence-electron chi connectivity index (χ1n) is 6.47. The van der Waals surface area contributed by atoms with Crippen LogP contribution < -0.4 is 5.32 Å². The van der Waals surface area contributed by atoms with Crippen LogP contribution in [0.4, 0.5) is 0 Å². The van der Waals surface area contributed by atoms with E-state index in [1.54, 1.807) is 0 Å². The van der Waals surface area contributed by atoms with Crippen LogP contribution in [0.15, 0.2) is 0 Å². The fourth-order valence-corrected chi connectivity index (χ4v) is 2.66. The van der Waals surface area contributed by atoms with Gasteiger partial charge in [0.25, 0.3) is 0 Å². The molecule has 1 N–H and O–H groups in total. The van der Waals surface area contributed by atoms with Gasteiger partial charge in [-0.3, -0.25) is 0 Å². The monoisotopic (exact) mass is 207 g/mol. The predicted molar refractivity (Wildman–Crippen MR) is 66.8 cm³/mol. The van der Waals surface area contributed by atoms with Crippen molar-refractivity contribution in [1.29, 1.82) is 0 Å².